The molecule has 6 heteroatoms. The Bertz CT molecular complexity index is 928. The second-order valence-corrected chi connectivity index (χ2v) is 5.74. The van der Waals surface area contributed by atoms with Crippen LogP contribution in [0.2, 0.25) is 0 Å². The molecule has 0 aliphatic heterocycles. The predicted molar refractivity (Wildman–Crippen MR) is 87.9 cm³/mol. The van der Waals surface area contributed by atoms with E-state index < -0.39 is 17.2 Å². The molecule has 0 bridgehead atoms. The quantitative estimate of drug-likeness (QED) is 0.750. The van der Waals surface area contributed by atoms with Gasteiger partial charge in [0.15, 0.2) is 5.43 Å². The molecule has 5 nitrogen and oxygen atoms in total. The van der Waals surface area contributed by atoms with E-state index in [4.69, 9.17) is 14.3 Å². The maximum atomic E-state index is 12.2. The highest BCUT2D eigenvalue weighted by Gasteiger charge is 2.14. The van der Waals surface area contributed by atoms with Crippen LogP contribution in [0.1, 0.15) is 16.1 Å². The average Bonchev–Trinajstić information content (AvgIpc) is 2.54. The Morgan fingerprint density at radius 3 is 2.61 bits per heavy atom. The molecule has 1 heterocycles. The summed E-state index contributed by atoms with van der Waals surface area (Å²) in [5.41, 5.74) is 0.676. The summed E-state index contributed by atoms with van der Waals surface area (Å²) in [5, 5.41) is 9.18. The van der Waals surface area contributed by atoms with Gasteiger partial charge in [-0.25, -0.2) is 4.79 Å². The zero-order valence-corrected chi connectivity index (χ0v) is 13.4. The fourth-order valence-corrected chi connectivity index (χ4v) is 2.41. The number of fused-ring (bicyclic) bond motifs is 1. The van der Waals surface area contributed by atoms with Crippen molar-refractivity contribution in [1.82, 2.24) is 0 Å². The van der Waals surface area contributed by atoms with Crippen molar-refractivity contribution >= 4 is 32.9 Å². The molecule has 0 amide bonds. The van der Waals surface area contributed by atoms with Gasteiger partial charge in [-0.2, -0.15) is 0 Å². The molecule has 0 atom stereocenters. The minimum absolute atomic E-state index is 0.184. The van der Waals surface area contributed by atoms with Crippen LogP contribution in [0.3, 0.4) is 0 Å². The number of carboxylic acid groups (broad SMARTS) is 1. The Morgan fingerprint density at radius 1 is 1.17 bits per heavy atom. The fourth-order valence-electron chi connectivity index (χ4n) is 2.15. The van der Waals surface area contributed by atoms with E-state index >= 15 is 0 Å². The lowest BCUT2D eigenvalue weighted by atomic mass is 10.2. The Kier molecular flexibility index (Phi) is 4.16. The lowest BCUT2D eigenvalue weighted by molar-refractivity contribution is 0.0663. The first kappa shape index (κ1) is 15.3. The van der Waals surface area contributed by atoms with Gasteiger partial charge >= 0.3 is 5.97 Å². The molecular weight excluding hydrogens is 364 g/mol. The van der Waals surface area contributed by atoms with Gasteiger partial charge < -0.3 is 14.3 Å². The van der Waals surface area contributed by atoms with Crippen molar-refractivity contribution in [3.63, 3.8) is 0 Å². The van der Waals surface area contributed by atoms with E-state index in [1.165, 1.54) is 6.07 Å². The molecule has 0 saturated heterocycles. The normalized spacial score (nSPS) is 10.7. The fraction of sp³-hybridized carbons (Fsp3) is 0.0588. The molecule has 0 radical (unpaired) electrons. The molecule has 0 aliphatic carbocycles. The third-order valence-electron chi connectivity index (χ3n) is 3.23. The van der Waals surface area contributed by atoms with Crippen LogP contribution in [0, 0.1) is 0 Å². The number of benzene rings is 2. The van der Waals surface area contributed by atoms with Crippen molar-refractivity contribution < 1.29 is 19.1 Å². The van der Waals surface area contributed by atoms with Crippen molar-refractivity contribution in [2.75, 3.05) is 0 Å². The van der Waals surface area contributed by atoms with E-state index in [9.17, 15) is 9.59 Å². The van der Waals surface area contributed by atoms with Gasteiger partial charge in [0, 0.05) is 10.5 Å². The third-order valence-corrected chi connectivity index (χ3v) is 3.76. The SMILES string of the molecule is O=C(O)c1cc(=O)c2c(OCc3ccc(Br)cc3)cccc2o1. The highest BCUT2D eigenvalue weighted by Crippen LogP contribution is 2.24. The van der Waals surface area contributed by atoms with E-state index in [-0.39, 0.29) is 17.6 Å². The van der Waals surface area contributed by atoms with E-state index in [1.54, 1.807) is 12.1 Å². The summed E-state index contributed by atoms with van der Waals surface area (Å²) in [6.07, 6.45) is 0. The molecular formula is C17H11BrO5. The summed E-state index contributed by atoms with van der Waals surface area (Å²) >= 11 is 3.36. The molecule has 0 saturated carbocycles. The van der Waals surface area contributed by atoms with Crippen LogP contribution < -0.4 is 10.2 Å². The van der Waals surface area contributed by atoms with E-state index in [0.29, 0.717) is 5.75 Å². The highest BCUT2D eigenvalue weighted by molar-refractivity contribution is 9.10. The summed E-state index contributed by atoms with van der Waals surface area (Å²) < 4.78 is 11.9. The van der Waals surface area contributed by atoms with E-state index in [1.807, 2.05) is 24.3 Å². The first-order valence-corrected chi connectivity index (χ1v) is 7.51. The summed E-state index contributed by atoms with van der Waals surface area (Å²) in [5.74, 6) is -1.33. The Hall–Kier alpha value is -2.60. The van der Waals surface area contributed by atoms with Gasteiger partial charge in [0.2, 0.25) is 5.76 Å². The van der Waals surface area contributed by atoms with Crippen molar-refractivity contribution in [3.8, 4) is 5.75 Å². The predicted octanol–water partition coefficient (Wildman–Crippen LogP) is 3.83. The van der Waals surface area contributed by atoms with Gasteiger partial charge in [-0.3, -0.25) is 4.79 Å². The van der Waals surface area contributed by atoms with Gasteiger partial charge in [0.05, 0.1) is 0 Å². The number of hydrogen-bond donors (Lipinski definition) is 1. The molecule has 0 aliphatic rings. The highest BCUT2D eigenvalue weighted by atomic mass is 79.9. The van der Waals surface area contributed by atoms with Crippen LogP contribution in [-0.2, 0) is 6.61 Å². The lowest BCUT2D eigenvalue weighted by Crippen LogP contribution is -2.08. The van der Waals surface area contributed by atoms with Gasteiger partial charge in [-0.15, -0.1) is 0 Å². The Morgan fingerprint density at radius 2 is 1.91 bits per heavy atom. The molecule has 2 aromatic carbocycles. The van der Waals surface area contributed by atoms with Crippen LogP contribution >= 0.6 is 15.9 Å². The van der Waals surface area contributed by atoms with E-state index in [2.05, 4.69) is 15.9 Å². The number of carbonyl (C=O) groups is 1. The average molecular weight is 375 g/mol. The zero-order chi connectivity index (χ0) is 16.4. The number of halogens is 1. The van der Waals surface area contributed by atoms with Crippen LogP contribution in [0.15, 0.2) is 62.2 Å². The van der Waals surface area contributed by atoms with Gasteiger partial charge in [0.1, 0.15) is 23.3 Å². The topological polar surface area (TPSA) is 76.7 Å². The monoisotopic (exact) mass is 374 g/mol. The van der Waals surface area contributed by atoms with Gasteiger partial charge in [-0.1, -0.05) is 34.1 Å². The van der Waals surface area contributed by atoms with Crippen molar-refractivity contribution in [2.45, 2.75) is 6.61 Å². The van der Waals surface area contributed by atoms with Crippen LogP contribution in [0.25, 0.3) is 11.0 Å². The maximum absolute atomic E-state index is 12.2. The number of hydrogen-bond acceptors (Lipinski definition) is 4. The molecule has 116 valence electrons. The minimum atomic E-state index is -1.29. The summed E-state index contributed by atoms with van der Waals surface area (Å²) in [6.45, 7) is 0.284. The zero-order valence-electron chi connectivity index (χ0n) is 11.8. The van der Waals surface area contributed by atoms with Crippen LogP contribution in [-0.4, -0.2) is 11.1 Å². The first-order chi connectivity index (χ1) is 11.0. The molecule has 3 aromatic rings. The summed E-state index contributed by atoms with van der Waals surface area (Å²) in [7, 11) is 0. The van der Waals surface area contributed by atoms with Gasteiger partial charge in [-0.05, 0) is 29.8 Å². The first-order valence-electron chi connectivity index (χ1n) is 6.72. The third kappa shape index (κ3) is 3.27. The van der Waals surface area contributed by atoms with Crippen molar-refractivity contribution in [1.29, 1.82) is 0 Å². The van der Waals surface area contributed by atoms with Crippen LogP contribution in [0.5, 0.6) is 5.75 Å². The molecule has 0 spiro atoms. The summed E-state index contributed by atoms with van der Waals surface area (Å²) in [4.78, 5) is 23.1. The molecule has 0 unspecified atom stereocenters. The lowest BCUT2D eigenvalue weighted by Gasteiger charge is -2.09. The van der Waals surface area contributed by atoms with Gasteiger partial charge in [0.25, 0.3) is 0 Å². The van der Waals surface area contributed by atoms with Crippen LogP contribution in [0.4, 0.5) is 0 Å². The molecule has 23 heavy (non-hydrogen) atoms. The minimum Gasteiger partial charge on any atom is -0.488 e. The van der Waals surface area contributed by atoms with Crippen molar-refractivity contribution in [2.24, 2.45) is 0 Å². The molecule has 0 fully saturated rings. The summed E-state index contributed by atoms with van der Waals surface area (Å²) in [6, 6.07) is 13.4. The van der Waals surface area contributed by atoms with E-state index in [0.717, 1.165) is 16.1 Å². The Balaban J connectivity index is 1.96. The Labute approximate surface area is 139 Å². The smallest absolute Gasteiger partial charge is 0.371 e. The number of ether oxygens (including phenoxy) is 1. The second kappa shape index (κ2) is 6.26. The number of carboxylic acids is 1. The maximum Gasteiger partial charge on any atom is 0.371 e. The second-order valence-electron chi connectivity index (χ2n) is 4.82. The standard InChI is InChI=1S/C17H11BrO5/c18-11-6-4-10(5-7-11)9-22-13-2-1-3-14-16(13)12(19)8-15(23-14)17(20)21/h1-8H,9H2,(H,20,21). The largest absolute Gasteiger partial charge is 0.488 e. The molecule has 1 aromatic heterocycles. The number of rotatable bonds is 4. The molecule has 1 N–H and O–H groups in total. The number of aromatic carboxylic acids is 1. The molecule has 3 rings (SSSR count). The van der Waals surface area contributed by atoms with Crippen molar-refractivity contribution in [3.05, 3.63) is 74.6 Å².